The molecule has 0 saturated heterocycles. The Morgan fingerprint density at radius 2 is 1.87 bits per heavy atom. The second-order valence-corrected chi connectivity index (χ2v) is 7.64. The van der Waals surface area contributed by atoms with Crippen molar-refractivity contribution in [2.75, 3.05) is 36.3 Å². The standard InChI is InChI=1S/C25H31N5O/c1-4-28(5-2)22-13-10-20(11-14-22)24-17-21(12-15-23-18-31-19-29(23)6-3)27-30(24)25-9-7-8-16-26-25/h7-16,18,24H,4-6,17,19H2,1-3H3. The summed E-state index contributed by atoms with van der Waals surface area (Å²) in [4.78, 5) is 9.10. The quantitative estimate of drug-likeness (QED) is 0.609. The first-order valence-electron chi connectivity index (χ1n) is 11.1. The third-order valence-corrected chi connectivity index (χ3v) is 5.85. The second-order valence-electron chi connectivity index (χ2n) is 7.64. The van der Waals surface area contributed by atoms with Crippen LogP contribution in [0.2, 0.25) is 0 Å². The van der Waals surface area contributed by atoms with Crippen LogP contribution >= 0.6 is 0 Å². The number of nitrogens with zero attached hydrogens (tertiary/aromatic N) is 5. The lowest BCUT2D eigenvalue weighted by Crippen LogP contribution is -2.22. The minimum Gasteiger partial charge on any atom is -0.479 e. The van der Waals surface area contributed by atoms with E-state index in [2.05, 4.69) is 72.0 Å². The molecule has 0 saturated carbocycles. The maximum Gasteiger partial charge on any atom is 0.160 e. The van der Waals surface area contributed by atoms with Crippen LogP contribution < -0.4 is 9.91 Å². The van der Waals surface area contributed by atoms with Crippen molar-refractivity contribution in [3.8, 4) is 0 Å². The first kappa shape index (κ1) is 21.0. The number of hydrogen-bond acceptors (Lipinski definition) is 6. The van der Waals surface area contributed by atoms with Gasteiger partial charge in [0.1, 0.15) is 12.1 Å². The Morgan fingerprint density at radius 3 is 2.55 bits per heavy atom. The van der Waals surface area contributed by atoms with Gasteiger partial charge in [-0.3, -0.25) is 0 Å². The summed E-state index contributed by atoms with van der Waals surface area (Å²) >= 11 is 0. The summed E-state index contributed by atoms with van der Waals surface area (Å²) in [5.74, 6) is 0.863. The molecule has 0 radical (unpaired) electrons. The minimum absolute atomic E-state index is 0.122. The number of likely N-dealkylation sites (N-methyl/N-ethyl adjacent to an activating group) is 1. The average molecular weight is 418 g/mol. The fraction of sp³-hybridized carbons (Fsp3) is 0.360. The van der Waals surface area contributed by atoms with Crippen LogP contribution in [0, 0.1) is 0 Å². The van der Waals surface area contributed by atoms with Gasteiger partial charge in [-0.15, -0.1) is 0 Å². The zero-order chi connectivity index (χ0) is 21.6. The number of pyridine rings is 1. The molecule has 2 aromatic rings. The molecule has 0 amide bonds. The molecule has 162 valence electrons. The predicted octanol–water partition coefficient (Wildman–Crippen LogP) is 4.94. The molecule has 2 aliphatic heterocycles. The Hall–Kier alpha value is -3.28. The maximum atomic E-state index is 5.45. The van der Waals surface area contributed by atoms with Crippen LogP contribution in [0.15, 0.2) is 77.9 Å². The lowest BCUT2D eigenvalue weighted by molar-refractivity contribution is 0.173. The normalized spacial score (nSPS) is 18.4. The highest BCUT2D eigenvalue weighted by Gasteiger charge is 2.29. The van der Waals surface area contributed by atoms with Gasteiger partial charge in [0.15, 0.2) is 6.73 Å². The predicted molar refractivity (Wildman–Crippen MR) is 127 cm³/mol. The van der Waals surface area contributed by atoms with Crippen LogP contribution in [0.1, 0.15) is 38.8 Å². The van der Waals surface area contributed by atoms with Crippen LogP contribution in [0.4, 0.5) is 11.5 Å². The van der Waals surface area contributed by atoms with Crippen molar-refractivity contribution in [3.63, 3.8) is 0 Å². The third-order valence-electron chi connectivity index (χ3n) is 5.85. The highest BCUT2D eigenvalue weighted by atomic mass is 16.5. The fourth-order valence-corrected chi connectivity index (χ4v) is 4.05. The molecule has 1 unspecified atom stereocenters. The second kappa shape index (κ2) is 9.69. The summed E-state index contributed by atoms with van der Waals surface area (Å²) in [5, 5.41) is 6.97. The molecule has 6 nitrogen and oxygen atoms in total. The van der Waals surface area contributed by atoms with Gasteiger partial charge in [0.2, 0.25) is 0 Å². The molecule has 0 aliphatic carbocycles. The van der Waals surface area contributed by atoms with E-state index in [1.54, 1.807) is 0 Å². The molecule has 0 fully saturated rings. The van der Waals surface area contributed by atoms with Crippen molar-refractivity contribution in [2.24, 2.45) is 5.10 Å². The highest BCUT2D eigenvalue weighted by molar-refractivity contribution is 5.98. The number of ether oxygens (including phenoxy) is 1. The van der Waals surface area contributed by atoms with Gasteiger partial charge in [0.25, 0.3) is 0 Å². The molecule has 1 atom stereocenters. The number of benzene rings is 1. The summed E-state index contributed by atoms with van der Waals surface area (Å²) in [6.45, 7) is 10.1. The molecule has 0 spiro atoms. The number of hydrazone groups is 1. The van der Waals surface area contributed by atoms with Gasteiger partial charge in [0, 0.05) is 37.9 Å². The number of allylic oxidation sites excluding steroid dienone is 2. The van der Waals surface area contributed by atoms with Gasteiger partial charge in [0.05, 0.1) is 17.5 Å². The molecule has 0 bridgehead atoms. The van der Waals surface area contributed by atoms with Crippen LogP contribution in [0.5, 0.6) is 0 Å². The molecule has 2 aliphatic rings. The Kier molecular flexibility index (Phi) is 6.55. The molecule has 31 heavy (non-hydrogen) atoms. The van der Waals surface area contributed by atoms with Gasteiger partial charge < -0.3 is 14.5 Å². The number of hydrogen-bond donors (Lipinski definition) is 0. The molecule has 4 rings (SSSR count). The number of anilines is 2. The molecular weight excluding hydrogens is 386 g/mol. The SMILES string of the molecule is CCN1COC=C1C=CC1=NN(c2ccccn2)C(c2ccc(N(CC)CC)cc2)C1. The van der Waals surface area contributed by atoms with Crippen molar-refractivity contribution in [2.45, 2.75) is 33.2 Å². The topological polar surface area (TPSA) is 44.2 Å². The van der Waals surface area contributed by atoms with E-state index in [1.807, 2.05) is 35.7 Å². The van der Waals surface area contributed by atoms with Crippen LogP contribution in [-0.4, -0.2) is 42.0 Å². The zero-order valence-electron chi connectivity index (χ0n) is 18.6. The lowest BCUT2D eigenvalue weighted by atomic mass is 10.0. The Bertz CT molecular complexity index is 948. The van der Waals surface area contributed by atoms with Crippen LogP contribution in [0.25, 0.3) is 0 Å². The van der Waals surface area contributed by atoms with E-state index in [0.29, 0.717) is 6.73 Å². The average Bonchev–Trinajstić information content (AvgIpc) is 3.46. The summed E-state index contributed by atoms with van der Waals surface area (Å²) in [5.41, 5.74) is 4.62. The first-order chi connectivity index (χ1) is 15.2. The molecular formula is C25H31N5O. The smallest absolute Gasteiger partial charge is 0.160 e. The summed E-state index contributed by atoms with van der Waals surface area (Å²) in [6, 6.07) is 15.0. The van der Waals surface area contributed by atoms with Gasteiger partial charge >= 0.3 is 0 Å². The molecule has 1 aromatic carbocycles. The molecule has 3 heterocycles. The summed E-state index contributed by atoms with van der Waals surface area (Å²) in [7, 11) is 0. The van der Waals surface area contributed by atoms with Crippen molar-refractivity contribution in [1.29, 1.82) is 0 Å². The van der Waals surface area contributed by atoms with Gasteiger partial charge in [-0.1, -0.05) is 18.2 Å². The van der Waals surface area contributed by atoms with E-state index in [1.165, 1.54) is 11.3 Å². The van der Waals surface area contributed by atoms with Crippen molar-refractivity contribution in [1.82, 2.24) is 9.88 Å². The van der Waals surface area contributed by atoms with E-state index in [9.17, 15) is 0 Å². The fourth-order valence-electron chi connectivity index (χ4n) is 4.05. The summed E-state index contributed by atoms with van der Waals surface area (Å²) < 4.78 is 5.45. The van der Waals surface area contributed by atoms with E-state index in [4.69, 9.17) is 9.84 Å². The Balaban J connectivity index is 1.58. The summed E-state index contributed by atoms with van der Waals surface area (Å²) in [6.07, 6.45) is 8.66. The molecule has 1 aromatic heterocycles. The Morgan fingerprint density at radius 1 is 1.06 bits per heavy atom. The van der Waals surface area contributed by atoms with Crippen molar-refractivity contribution in [3.05, 3.63) is 78.3 Å². The van der Waals surface area contributed by atoms with Crippen molar-refractivity contribution < 1.29 is 4.74 Å². The largest absolute Gasteiger partial charge is 0.479 e. The molecule has 6 heteroatoms. The lowest BCUT2D eigenvalue weighted by Gasteiger charge is -2.25. The van der Waals surface area contributed by atoms with E-state index >= 15 is 0 Å². The number of rotatable bonds is 8. The van der Waals surface area contributed by atoms with Crippen molar-refractivity contribution >= 4 is 17.2 Å². The van der Waals surface area contributed by atoms with E-state index < -0.39 is 0 Å². The zero-order valence-corrected chi connectivity index (χ0v) is 18.6. The van der Waals surface area contributed by atoms with Crippen LogP contribution in [0.3, 0.4) is 0 Å². The minimum atomic E-state index is 0.122. The van der Waals surface area contributed by atoms with E-state index in [-0.39, 0.29) is 6.04 Å². The first-order valence-corrected chi connectivity index (χ1v) is 11.1. The van der Waals surface area contributed by atoms with E-state index in [0.717, 1.165) is 43.3 Å². The van der Waals surface area contributed by atoms with Crippen LogP contribution in [-0.2, 0) is 4.74 Å². The van der Waals surface area contributed by atoms with Gasteiger partial charge in [-0.2, -0.15) is 5.10 Å². The van der Waals surface area contributed by atoms with Gasteiger partial charge in [-0.25, -0.2) is 9.99 Å². The monoisotopic (exact) mass is 417 g/mol. The highest BCUT2D eigenvalue weighted by Crippen LogP contribution is 2.35. The maximum absolute atomic E-state index is 5.45. The number of aromatic nitrogens is 1. The van der Waals surface area contributed by atoms with Gasteiger partial charge in [-0.05, 0) is 62.8 Å². The molecule has 0 N–H and O–H groups in total. The Labute approximate surface area is 185 Å². The third kappa shape index (κ3) is 4.58.